The van der Waals surface area contributed by atoms with E-state index in [4.69, 9.17) is 38.9 Å². The second kappa shape index (κ2) is 20.6. The molecule has 0 saturated carbocycles. The highest BCUT2D eigenvalue weighted by Gasteiger charge is 2.42. The van der Waals surface area contributed by atoms with Gasteiger partial charge in [0.2, 0.25) is 0 Å². The third-order valence-electron chi connectivity index (χ3n) is 20.4. The Labute approximate surface area is 552 Å². The Balaban J connectivity index is 0.675. The van der Waals surface area contributed by atoms with Crippen LogP contribution in [0.25, 0.3) is 118 Å². The number of allylic oxidation sites excluding steroid dienone is 2. The maximum Gasteiger partial charge on any atom is 0.178 e. The van der Waals surface area contributed by atoms with E-state index in [1.165, 1.54) is 50.1 Å². The van der Waals surface area contributed by atoms with Gasteiger partial charge in [-0.2, -0.15) is 0 Å². The fourth-order valence-electron chi connectivity index (χ4n) is 15.2. The molecule has 18 rings (SSSR count). The minimum absolute atomic E-state index is 0.172. The third-order valence-corrected chi connectivity index (χ3v) is 20.4. The second-order valence-corrected chi connectivity index (χ2v) is 27.0. The molecule has 0 bridgehead atoms. The molecule has 5 aliphatic rings. The minimum Gasteiger partial charge on any atom is -0.449 e. The highest BCUT2D eigenvalue weighted by Crippen LogP contribution is 2.61. The topological polar surface area (TPSA) is 88.5 Å². The van der Waals surface area contributed by atoms with E-state index in [-0.39, 0.29) is 16.2 Å². The van der Waals surface area contributed by atoms with Crippen molar-refractivity contribution in [3.8, 4) is 158 Å². The molecule has 0 radical (unpaired) electrons. The molecule has 3 aliphatic carbocycles. The quantitative estimate of drug-likeness (QED) is 0.132. The summed E-state index contributed by atoms with van der Waals surface area (Å²) in [5.74, 6) is 6.67. The van der Waals surface area contributed by atoms with E-state index >= 15 is 0 Å². The molecule has 0 unspecified atom stereocenters. The van der Waals surface area contributed by atoms with Crippen LogP contribution in [0.15, 0.2) is 256 Å². The lowest BCUT2D eigenvalue weighted by atomic mass is 9.82. The van der Waals surface area contributed by atoms with E-state index in [1.54, 1.807) is 6.08 Å². The van der Waals surface area contributed by atoms with E-state index < -0.39 is 0 Å². The molecule has 95 heavy (non-hydrogen) atoms. The van der Waals surface area contributed by atoms with Crippen LogP contribution in [0.3, 0.4) is 0 Å². The normalized spacial score (nSPS) is 14.5. The van der Waals surface area contributed by atoms with Gasteiger partial charge in [-0.25, -0.2) is 19.9 Å². The molecule has 11 aromatic carbocycles. The van der Waals surface area contributed by atoms with Gasteiger partial charge in [0.15, 0.2) is 57.6 Å². The Morgan fingerprint density at radius 3 is 1.44 bits per heavy atom. The van der Waals surface area contributed by atoms with Gasteiger partial charge < -0.3 is 18.9 Å². The molecular weight excluding hydrogens is 1160 g/mol. The fourth-order valence-corrected chi connectivity index (χ4v) is 15.2. The third kappa shape index (κ3) is 8.74. The van der Waals surface area contributed by atoms with E-state index in [2.05, 4.69) is 231 Å². The first-order valence-corrected chi connectivity index (χ1v) is 32.4. The molecule has 4 heterocycles. The zero-order valence-corrected chi connectivity index (χ0v) is 53.4. The molecule has 0 atom stereocenters. The number of aromatic nitrogens is 4. The van der Waals surface area contributed by atoms with Crippen LogP contribution in [0.1, 0.15) is 80.6 Å². The summed E-state index contributed by atoms with van der Waals surface area (Å²) in [6.45, 7) is 21.9. The fraction of sp³-hybridized carbons (Fsp3) is 0.103. The predicted molar refractivity (Wildman–Crippen MR) is 381 cm³/mol. The molecule has 0 spiro atoms. The van der Waals surface area contributed by atoms with Crippen LogP contribution in [0.2, 0.25) is 0 Å². The number of rotatable bonds is 9. The lowest BCUT2D eigenvalue weighted by Crippen LogP contribution is -2.15. The average molecular weight is 1230 g/mol. The first kappa shape index (κ1) is 56.0. The maximum absolute atomic E-state index is 6.99. The first-order chi connectivity index (χ1) is 46.1. The van der Waals surface area contributed by atoms with Crippen molar-refractivity contribution in [1.82, 2.24) is 19.9 Å². The Kier molecular flexibility index (Phi) is 12.2. The van der Waals surface area contributed by atoms with Gasteiger partial charge in [-0.3, -0.25) is 0 Å². The van der Waals surface area contributed by atoms with E-state index in [0.29, 0.717) is 51.9 Å². The van der Waals surface area contributed by atoms with Gasteiger partial charge in [-0.1, -0.05) is 225 Å². The van der Waals surface area contributed by atoms with Crippen molar-refractivity contribution < 1.29 is 18.9 Å². The summed E-state index contributed by atoms with van der Waals surface area (Å²) in [6, 6.07) is 82.9. The van der Waals surface area contributed by atoms with Crippen LogP contribution in [0.4, 0.5) is 0 Å². The van der Waals surface area contributed by atoms with Crippen LogP contribution in [-0.4, -0.2) is 19.9 Å². The monoisotopic (exact) mass is 1230 g/mol. The lowest BCUT2D eigenvalue weighted by Gasteiger charge is -2.25. The number of fused-ring (bicyclic) bond motifs is 15. The smallest absolute Gasteiger partial charge is 0.178 e. The van der Waals surface area contributed by atoms with Crippen molar-refractivity contribution in [2.24, 2.45) is 0 Å². The first-order valence-electron chi connectivity index (χ1n) is 32.4. The Morgan fingerprint density at radius 1 is 0.305 bits per heavy atom. The van der Waals surface area contributed by atoms with Crippen molar-refractivity contribution in [1.29, 1.82) is 0 Å². The molecule has 13 aromatic rings. The number of hydrogen-bond donors (Lipinski definition) is 0. The number of nitrogens with zero attached hydrogens (tertiary/aromatic N) is 4. The van der Waals surface area contributed by atoms with Crippen LogP contribution in [-0.2, 0) is 16.2 Å². The SMILES string of the molecule is C=CC(=C)c1cc(-c2ccc(-c3ccc4c(c3)Oc3ccc5c(c3O4)-c3cc(-c4cccc(-c6cc(-c7ccc8c(c7)Oc7ccc9c(c7O8)-c7ccccc7C9(C)C)nc(-c7ccc8c(c7)C(C)(C)c7ccccc7-8)n6)c4)ccc3C5(C)C)cc2)nc(-c2ccccc2)n1. The van der Waals surface area contributed by atoms with Crippen LogP contribution >= 0.6 is 0 Å². The Morgan fingerprint density at radius 2 is 0.758 bits per heavy atom. The Hall–Kier alpha value is -11.7. The highest BCUT2D eigenvalue weighted by molar-refractivity contribution is 5.93. The van der Waals surface area contributed by atoms with Gasteiger partial charge in [-0.15, -0.1) is 0 Å². The van der Waals surface area contributed by atoms with E-state index in [9.17, 15) is 0 Å². The zero-order chi connectivity index (χ0) is 64.2. The summed E-state index contributed by atoms with van der Waals surface area (Å²) in [5, 5.41) is 0. The number of ether oxygens (including phenoxy) is 4. The predicted octanol–water partition coefficient (Wildman–Crippen LogP) is 22.8. The summed E-state index contributed by atoms with van der Waals surface area (Å²) in [6.07, 6.45) is 1.72. The zero-order valence-electron chi connectivity index (χ0n) is 53.4. The molecule has 8 nitrogen and oxygen atoms in total. The largest absolute Gasteiger partial charge is 0.449 e. The van der Waals surface area contributed by atoms with Gasteiger partial charge in [-0.05, 0) is 156 Å². The summed E-state index contributed by atoms with van der Waals surface area (Å²) in [5.41, 5.74) is 26.4. The minimum atomic E-state index is -0.306. The molecule has 0 saturated heterocycles. The summed E-state index contributed by atoms with van der Waals surface area (Å²) in [7, 11) is 0. The average Bonchev–Trinajstić information content (AvgIpc) is 1.60. The molecule has 0 amide bonds. The summed E-state index contributed by atoms with van der Waals surface area (Å²) < 4.78 is 27.5. The van der Waals surface area contributed by atoms with Crippen molar-refractivity contribution in [2.45, 2.75) is 57.8 Å². The standard InChI is InChI=1S/C87H62N4O4/c1-9-49(2)69-47-70(89-83(88-69)52-18-11-10-12-19-52)51-28-26-50(27-29-51)55-32-38-73-77(45-55)92-76-41-37-67-80(82(76)95-73)62-43-54(31-35-65(62)86(67,5)6)53-20-17-21-56(42-53)71-48-72(91-84(90-71)58-30-34-60-59-22-13-15-24-63(59)87(7,8)68(60)44-58)57-33-39-74-78(46-57)93-75-40-36-66-79(81(75)94-74)61-23-14-16-25-64(61)85(66,3)4/h9-48H,1-2H2,3-8H3. The number of hydrogen-bond acceptors (Lipinski definition) is 8. The van der Waals surface area contributed by atoms with Gasteiger partial charge in [0, 0.05) is 55.2 Å². The summed E-state index contributed by atoms with van der Waals surface area (Å²) in [4.78, 5) is 20.7. The van der Waals surface area contributed by atoms with E-state index in [0.717, 1.165) is 101 Å². The van der Waals surface area contributed by atoms with Crippen molar-refractivity contribution in [3.63, 3.8) is 0 Å². The molecule has 0 N–H and O–H groups in total. The van der Waals surface area contributed by atoms with Crippen LogP contribution in [0, 0.1) is 0 Å². The van der Waals surface area contributed by atoms with Gasteiger partial charge >= 0.3 is 0 Å². The molecular formula is C87H62N4O4. The van der Waals surface area contributed by atoms with Crippen molar-refractivity contribution >= 4 is 5.57 Å². The van der Waals surface area contributed by atoms with Crippen LogP contribution in [0.5, 0.6) is 46.0 Å². The van der Waals surface area contributed by atoms with E-state index in [1.807, 2.05) is 60.7 Å². The molecule has 454 valence electrons. The maximum atomic E-state index is 6.99. The Bertz CT molecular complexity index is 5510. The second-order valence-electron chi connectivity index (χ2n) is 27.0. The van der Waals surface area contributed by atoms with Gasteiger partial charge in [0.1, 0.15) is 0 Å². The van der Waals surface area contributed by atoms with Crippen LogP contribution < -0.4 is 18.9 Å². The molecule has 2 aliphatic heterocycles. The van der Waals surface area contributed by atoms with Gasteiger partial charge in [0.25, 0.3) is 0 Å². The van der Waals surface area contributed by atoms with Crippen molar-refractivity contribution in [3.05, 3.63) is 295 Å². The molecule has 8 heteroatoms. The molecule has 2 aromatic heterocycles. The summed E-state index contributed by atoms with van der Waals surface area (Å²) >= 11 is 0. The molecule has 0 fully saturated rings. The number of benzene rings is 11. The van der Waals surface area contributed by atoms with Gasteiger partial charge in [0.05, 0.1) is 22.8 Å². The highest BCUT2D eigenvalue weighted by atomic mass is 16.6. The van der Waals surface area contributed by atoms with Crippen molar-refractivity contribution in [2.75, 3.05) is 0 Å². The lowest BCUT2D eigenvalue weighted by molar-refractivity contribution is 0.360.